The van der Waals surface area contributed by atoms with Gasteiger partial charge in [0.2, 0.25) is 5.91 Å². The molecule has 3 N–H and O–H groups in total. The summed E-state index contributed by atoms with van der Waals surface area (Å²) in [5, 5.41) is 8.50. The lowest BCUT2D eigenvalue weighted by atomic mass is 9.82. The van der Waals surface area contributed by atoms with E-state index in [2.05, 4.69) is 21.9 Å². The maximum atomic E-state index is 13.0. The molecule has 0 radical (unpaired) electrons. The number of rotatable bonds is 10. The second kappa shape index (κ2) is 12.7. The summed E-state index contributed by atoms with van der Waals surface area (Å²) in [5.74, 6) is 1.86. The van der Waals surface area contributed by atoms with Crippen molar-refractivity contribution in [3.8, 4) is 12.3 Å². The third-order valence-corrected chi connectivity index (χ3v) is 6.95. The molecular weight excluding hydrogens is 500 g/mol. The van der Waals surface area contributed by atoms with Gasteiger partial charge in [0.25, 0.3) is 5.91 Å². The number of alkyl halides is 6. The average molecular weight is 534 g/mol. The number of hydrogen-bond acceptors (Lipinski definition) is 3. The number of nitrogens with one attached hydrogen (secondary N) is 3. The highest BCUT2D eigenvalue weighted by molar-refractivity contribution is 5.94. The molecule has 1 saturated carbocycles. The van der Waals surface area contributed by atoms with Gasteiger partial charge in [-0.15, -0.1) is 6.42 Å². The van der Waals surface area contributed by atoms with E-state index in [4.69, 9.17) is 6.42 Å². The Morgan fingerprint density at radius 2 is 1.38 bits per heavy atom. The van der Waals surface area contributed by atoms with Crippen molar-refractivity contribution < 1.29 is 35.9 Å². The molecule has 0 saturated heterocycles. The number of terminal acetylenes is 1. The van der Waals surface area contributed by atoms with Crippen molar-refractivity contribution in [2.24, 2.45) is 11.8 Å². The zero-order valence-electron chi connectivity index (χ0n) is 20.9. The minimum atomic E-state index is -5.01. The fraction of sp³-hybridized carbons (Fsp3) is 0.615. The van der Waals surface area contributed by atoms with Gasteiger partial charge in [-0.05, 0) is 75.1 Å². The molecule has 2 amide bonds. The van der Waals surface area contributed by atoms with Crippen LogP contribution in [0.4, 0.5) is 26.3 Å². The number of benzene rings is 1. The topological polar surface area (TPSA) is 70.2 Å². The molecule has 0 aromatic heterocycles. The van der Waals surface area contributed by atoms with Crippen molar-refractivity contribution in [2.45, 2.75) is 70.3 Å². The Balaban J connectivity index is 1.81. The van der Waals surface area contributed by atoms with Crippen LogP contribution in [0.5, 0.6) is 0 Å². The van der Waals surface area contributed by atoms with E-state index in [-0.39, 0.29) is 31.0 Å². The molecular formula is C26H33F6N3O2. The zero-order valence-corrected chi connectivity index (χ0v) is 20.9. The lowest BCUT2D eigenvalue weighted by Crippen LogP contribution is -2.49. The largest absolute Gasteiger partial charge is 0.416 e. The van der Waals surface area contributed by atoms with E-state index >= 15 is 0 Å². The van der Waals surface area contributed by atoms with Gasteiger partial charge in [-0.1, -0.05) is 19.8 Å². The van der Waals surface area contributed by atoms with Crippen LogP contribution < -0.4 is 16.0 Å². The van der Waals surface area contributed by atoms with E-state index in [1.165, 1.54) is 0 Å². The maximum absolute atomic E-state index is 13.0. The Labute approximate surface area is 213 Å². The summed E-state index contributed by atoms with van der Waals surface area (Å²) in [4.78, 5) is 24.6. The van der Waals surface area contributed by atoms with E-state index in [1.54, 1.807) is 0 Å². The smallest absolute Gasteiger partial charge is 0.352 e. The van der Waals surface area contributed by atoms with Gasteiger partial charge in [-0.3, -0.25) is 9.59 Å². The number of hydrogen-bond donors (Lipinski definition) is 3. The van der Waals surface area contributed by atoms with Crippen LogP contribution in [-0.2, 0) is 17.1 Å². The van der Waals surface area contributed by atoms with E-state index in [9.17, 15) is 35.9 Å². The monoisotopic (exact) mass is 533 g/mol. The predicted molar refractivity (Wildman–Crippen MR) is 127 cm³/mol. The normalized spacial score (nSPS) is 18.7. The first-order valence-electron chi connectivity index (χ1n) is 12.3. The molecule has 1 aliphatic carbocycles. The van der Waals surface area contributed by atoms with Gasteiger partial charge in [0.05, 0.1) is 17.7 Å². The van der Waals surface area contributed by atoms with Gasteiger partial charge in [0.15, 0.2) is 0 Å². The molecule has 0 unspecified atom stereocenters. The predicted octanol–water partition coefficient (Wildman–Crippen LogP) is 5.16. The lowest BCUT2D eigenvalue weighted by Gasteiger charge is -2.29. The minimum Gasteiger partial charge on any atom is -0.352 e. The molecule has 206 valence electrons. The number of amides is 2. The summed E-state index contributed by atoms with van der Waals surface area (Å²) in [5.41, 5.74) is -4.38. The van der Waals surface area contributed by atoms with E-state index < -0.39 is 40.5 Å². The van der Waals surface area contributed by atoms with Crippen LogP contribution in [-0.4, -0.2) is 37.0 Å². The van der Waals surface area contributed by atoms with Crippen molar-refractivity contribution in [3.63, 3.8) is 0 Å². The number of carbonyl (C=O) groups excluding carboxylic acids is 2. The van der Waals surface area contributed by atoms with Gasteiger partial charge in [-0.2, -0.15) is 26.3 Å². The van der Waals surface area contributed by atoms with Crippen molar-refractivity contribution in [1.82, 2.24) is 16.0 Å². The summed E-state index contributed by atoms with van der Waals surface area (Å²) in [7, 11) is 0. The fourth-order valence-electron chi connectivity index (χ4n) is 4.43. The second-order valence-electron chi connectivity index (χ2n) is 9.50. The SMILES string of the molecule is C#CC(CC)(CC)NC(=O)CNCC1CCC(CNC(=O)c2cc(C(F)(F)F)cc(C(F)(F)F)c2)CC1. The Kier molecular flexibility index (Phi) is 10.4. The summed E-state index contributed by atoms with van der Waals surface area (Å²) in [6.07, 6.45) is -0.110. The van der Waals surface area contributed by atoms with Crippen LogP contribution in [0.3, 0.4) is 0 Å². The van der Waals surface area contributed by atoms with Crippen molar-refractivity contribution in [2.75, 3.05) is 19.6 Å². The number of halogens is 6. The first-order chi connectivity index (χ1) is 17.2. The van der Waals surface area contributed by atoms with Crippen LogP contribution >= 0.6 is 0 Å². The molecule has 0 spiro atoms. The molecule has 1 aromatic carbocycles. The fourth-order valence-corrected chi connectivity index (χ4v) is 4.43. The molecule has 5 nitrogen and oxygen atoms in total. The van der Waals surface area contributed by atoms with Gasteiger partial charge in [0, 0.05) is 12.1 Å². The van der Waals surface area contributed by atoms with Gasteiger partial charge < -0.3 is 16.0 Å². The highest BCUT2D eigenvalue weighted by Gasteiger charge is 2.37. The molecule has 0 bridgehead atoms. The standard InChI is InChI=1S/C26H33F6N3O2/c1-4-24(5-2,6-3)35-22(36)16-33-14-17-7-9-18(10-8-17)15-34-23(37)19-11-20(25(27,28)29)13-21(12-19)26(30,31)32/h1,11-13,17-18,33H,5-10,14-16H2,2-3H3,(H,34,37)(H,35,36). The molecule has 0 aliphatic heterocycles. The van der Waals surface area contributed by atoms with Gasteiger partial charge in [0.1, 0.15) is 5.54 Å². The van der Waals surface area contributed by atoms with Crippen molar-refractivity contribution >= 4 is 11.8 Å². The zero-order chi connectivity index (χ0) is 27.9. The summed E-state index contributed by atoms with van der Waals surface area (Å²) in [6, 6.07) is 0.852. The van der Waals surface area contributed by atoms with Crippen LogP contribution in [0.25, 0.3) is 0 Å². The Morgan fingerprint density at radius 1 is 0.892 bits per heavy atom. The molecule has 11 heteroatoms. The van der Waals surface area contributed by atoms with Crippen LogP contribution in [0.1, 0.15) is 73.9 Å². The first kappa shape index (κ1) is 30.5. The Morgan fingerprint density at radius 3 is 1.81 bits per heavy atom. The highest BCUT2D eigenvalue weighted by atomic mass is 19.4. The second-order valence-corrected chi connectivity index (χ2v) is 9.50. The summed E-state index contributed by atoms with van der Waals surface area (Å²) < 4.78 is 78.2. The molecule has 0 heterocycles. The molecule has 1 aliphatic rings. The third-order valence-electron chi connectivity index (χ3n) is 6.95. The third kappa shape index (κ3) is 8.95. The molecule has 37 heavy (non-hydrogen) atoms. The van der Waals surface area contributed by atoms with E-state index in [1.807, 2.05) is 13.8 Å². The maximum Gasteiger partial charge on any atom is 0.416 e. The Hall–Kier alpha value is -2.74. The highest BCUT2D eigenvalue weighted by Crippen LogP contribution is 2.36. The van der Waals surface area contributed by atoms with Crippen LogP contribution in [0, 0.1) is 24.2 Å². The molecule has 2 rings (SSSR count). The Bertz CT molecular complexity index is 940. The van der Waals surface area contributed by atoms with E-state index in [0.29, 0.717) is 37.4 Å². The minimum absolute atomic E-state index is 0.00514. The summed E-state index contributed by atoms with van der Waals surface area (Å²) >= 11 is 0. The lowest BCUT2D eigenvalue weighted by molar-refractivity contribution is -0.143. The summed E-state index contributed by atoms with van der Waals surface area (Å²) in [6.45, 7) is 4.74. The van der Waals surface area contributed by atoms with Crippen LogP contribution in [0.15, 0.2) is 18.2 Å². The number of carbonyl (C=O) groups is 2. The van der Waals surface area contributed by atoms with Gasteiger partial charge >= 0.3 is 12.4 Å². The first-order valence-corrected chi connectivity index (χ1v) is 12.3. The van der Waals surface area contributed by atoms with Crippen molar-refractivity contribution in [1.29, 1.82) is 0 Å². The quantitative estimate of drug-likeness (QED) is 0.288. The van der Waals surface area contributed by atoms with Gasteiger partial charge in [-0.25, -0.2) is 0 Å². The average Bonchev–Trinajstić information content (AvgIpc) is 2.85. The molecule has 0 atom stereocenters. The molecule has 1 aromatic rings. The van der Waals surface area contributed by atoms with Crippen LogP contribution in [0.2, 0.25) is 0 Å². The molecule has 1 fully saturated rings. The van der Waals surface area contributed by atoms with E-state index in [0.717, 1.165) is 25.7 Å². The van der Waals surface area contributed by atoms with Crippen molar-refractivity contribution in [3.05, 3.63) is 34.9 Å².